The molecule has 0 N–H and O–H groups in total. The zero-order valence-corrected chi connectivity index (χ0v) is 16.8. The summed E-state index contributed by atoms with van der Waals surface area (Å²) in [5.74, 6) is 0.849. The predicted molar refractivity (Wildman–Crippen MR) is 119 cm³/mol. The molecule has 1 fully saturated rings. The summed E-state index contributed by atoms with van der Waals surface area (Å²) in [4.78, 5) is 22.2. The third-order valence-electron chi connectivity index (χ3n) is 6.35. The molecule has 0 saturated heterocycles. The van der Waals surface area contributed by atoms with Gasteiger partial charge in [0.05, 0.1) is 12.3 Å². The maximum atomic E-state index is 12.8. The highest BCUT2D eigenvalue weighted by Crippen LogP contribution is 2.39. The standard InChI is InChI=1S/C27H22N2O/c30-26(10-17-4-2-1-3-5-17)22-11-20-13-23-16-29-27(24(23)14-21(20)12-22)19-8-9-28-25(15-19)18-6-7-18/h1-5,8-9,12-15,18H,6-7,10-11,16H2. The summed E-state index contributed by atoms with van der Waals surface area (Å²) in [6.45, 7) is 0.715. The molecule has 1 aliphatic heterocycles. The maximum absolute atomic E-state index is 12.8. The van der Waals surface area contributed by atoms with Crippen LogP contribution in [-0.4, -0.2) is 16.5 Å². The molecule has 6 rings (SSSR count). The number of benzene rings is 2. The molecule has 2 aliphatic carbocycles. The molecule has 3 nitrogen and oxygen atoms in total. The van der Waals surface area contributed by atoms with E-state index in [9.17, 15) is 4.79 Å². The van der Waals surface area contributed by atoms with E-state index in [1.807, 2.05) is 36.5 Å². The van der Waals surface area contributed by atoms with Crippen LogP contribution in [0, 0.1) is 0 Å². The molecule has 0 radical (unpaired) electrons. The second-order valence-electron chi connectivity index (χ2n) is 8.55. The molecule has 0 spiro atoms. The maximum Gasteiger partial charge on any atom is 0.163 e. The van der Waals surface area contributed by atoms with Gasteiger partial charge in [-0.25, -0.2) is 0 Å². The highest BCUT2D eigenvalue weighted by atomic mass is 16.1. The van der Waals surface area contributed by atoms with Crippen molar-refractivity contribution in [2.75, 3.05) is 0 Å². The number of aromatic nitrogens is 1. The fourth-order valence-electron chi connectivity index (χ4n) is 4.56. The van der Waals surface area contributed by atoms with Crippen molar-refractivity contribution < 1.29 is 4.79 Å². The van der Waals surface area contributed by atoms with E-state index in [0.29, 0.717) is 18.9 Å². The van der Waals surface area contributed by atoms with E-state index < -0.39 is 0 Å². The SMILES string of the molecule is O=C(Cc1ccccc1)C1=Cc2cc3c(cc2C1)CN=C3c1ccnc(C2CC2)c1. The van der Waals surface area contributed by atoms with Gasteiger partial charge in [-0.05, 0) is 59.4 Å². The van der Waals surface area contributed by atoms with Crippen molar-refractivity contribution in [2.24, 2.45) is 4.99 Å². The molecule has 1 aromatic heterocycles. The van der Waals surface area contributed by atoms with Crippen molar-refractivity contribution in [3.8, 4) is 0 Å². The van der Waals surface area contributed by atoms with E-state index in [1.165, 1.54) is 35.2 Å². The molecule has 1 saturated carbocycles. The van der Waals surface area contributed by atoms with E-state index >= 15 is 0 Å². The first-order valence-corrected chi connectivity index (χ1v) is 10.7. The van der Waals surface area contributed by atoms with E-state index in [2.05, 4.69) is 35.3 Å². The summed E-state index contributed by atoms with van der Waals surface area (Å²) in [5.41, 5.74) is 10.3. The number of carbonyl (C=O) groups is 1. The minimum Gasteiger partial charge on any atom is -0.294 e. The fraction of sp³-hybridized carbons (Fsp3) is 0.222. The smallest absolute Gasteiger partial charge is 0.163 e. The van der Waals surface area contributed by atoms with Gasteiger partial charge in [0.15, 0.2) is 5.78 Å². The lowest BCUT2D eigenvalue weighted by molar-refractivity contribution is -0.114. The van der Waals surface area contributed by atoms with Crippen molar-refractivity contribution in [3.63, 3.8) is 0 Å². The number of pyridine rings is 1. The van der Waals surface area contributed by atoms with Gasteiger partial charge in [0.25, 0.3) is 0 Å². The van der Waals surface area contributed by atoms with Crippen molar-refractivity contribution in [1.82, 2.24) is 4.98 Å². The summed E-state index contributed by atoms with van der Waals surface area (Å²) in [6.07, 6.45) is 7.68. The van der Waals surface area contributed by atoms with Crippen LogP contribution in [0.5, 0.6) is 0 Å². The molecule has 0 bridgehead atoms. The fourth-order valence-corrected chi connectivity index (χ4v) is 4.56. The highest BCUT2D eigenvalue weighted by Gasteiger charge is 2.27. The van der Waals surface area contributed by atoms with Crippen LogP contribution in [-0.2, 0) is 24.2 Å². The topological polar surface area (TPSA) is 42.3 Å². The normalized spacial score (nSPS) is 16.7. The van der Waals surface area contributed by atoms with Crippen LogP contribution in [0.3, 0.4) is 0 Å². The quantitative estimate of drug-likeness (QED) is 0.611. The van der Waals surface area contributed by atoms with Crippen LogP contribution in [0.1, 0.15) is 57.8 Å². The predicted octanol–water partition coefficient (Wildman–Crippen LogP) is 5.06. The summed E-state index contributed by atoms with van der Waals surface area (Å²) in [6, 6.07) is 18.8. The number of nitrogens with zero attached hydrogens (tertiary/aromatic N) is 2. The summed E-state index contributed by atoms with van der Waals surface area (Å²) in [7, 11) is 0. The second kappa shape index (κ2) is 6.88. The number of rotatable bonds is 5. The third-order valence-corrected chi connectivity index (χ3v) is 6.35. The number of hydrogen-bond acceptors (Lipinski definition) is 3. The Kier molecular flexibility index (Phi) is 4.02. The van der Waals surface area contributed by atoms with Gasteiger partial charge in [-0.1, -0.05) is 36.4 Å². The summed E-state index contributed by atoms with van der Waals surface area (Å²) in [5, 5.41) is 0. The molecule has 3 aliphatic rings. The molecule has 0 amide bonds. The Balaban J connectivity index is 1.29. The molecule has 2 aromatic carbocycles. The minimum atomic E-state index is 0.217. The number of allylic oxidation sites excluding steroid dienone is 1. The molecule has 3 heteroatoms. The van der Waals surface area contributed by atoms with Gasteiger partial charge in [0.1, 0.15) is 0 Å². The molecule has 3 aromatic rings. The number of aliphatic imine (C=N–C) groups is 1. The van der Waals surface area contributed by atoms with Gasteiger partial charge < -0.3 is 0 Å². The van der Waals surface area contributed by atoms with Crippen molar-refractivity contribution in [2.45, 2.75) is 38.1 Å². The zero-order chi connectivity index (χ0) is 20.1. The summed E-state index contributed by atoms with van der Waals surface area (Å²) < 4.78 is 0. The van der Waals surface area contributed by atoms with Crippen LogP contribution >= 0.6 is 0 Å². The van der Waals surface area contributed by atoms with E-state index in [-0.39, 0.29) is 5.78 Å². The largest absolute Gasteiger partial charge is 0.294 e. The van der Waals surface area contributed by atoms with E-state index in [1.54, 1.807) is 0 Å². The minimum absolute atomic E-state index is 0.217. The Morgan fingerprint density at radius 3 is 2.70 bits per heavy atom. The van der Waals surface area contributed by atoms with E-state index in [0.717, 1.165) is 34.4 Å². The molecule has 2 heterocycles. The lowest BCUT2D eigenvalue weighted by Crippen LogP contribution is -2.06. The third kappa shape index (κ3) is 3.11. The van der Waals surface area contributed by atoms with Gasteiger partial charge in [0.2, 0.25) is 0 Å². The first kappa shape index (κ1) is 17.5. The summed E-state index contributed by atoms with van der Waals surface area (Å²) >= 11 is 0. The number of fused-ring (bicyclic) bond motifs is 2. The van der Waals surface area contributed by atoms with Gasteiger partial charge in [-0.2, -0.15) is 0 Å². The van der Waals surface area contributed by atoms with Gasteiger partial charge in [0, 0.05) is 47.4 Å². The molecule has 146 valence electrons. The van der Waals surface area contributed by atoms with Crippen LogP contribution in [0.2, 0.25) is 0 Å². The van der Waals surface area contributed by atoms with Crippen molar-refractivity contribution in [1.29, 1.82) is 0 Å². The Bertz CT molecular complexity index is 1230. The molecule has 0 unspecified atom stereocenters. The highest BCUT2D eigenvalue weighted by molar-refractivity contribution is 6.15. The molecule has 0 atom stereocenters. The van der Waals surface area contributed by atoms with Crippen LogP contribution in [0.15, 0.2) is 71.4 Å². The second-order valence-corrected chi connectivity index (χ2v) is 8.55. The monoisotopic (exact) mass is 390 g/mol. The average molecular weight is 390 g/mol. The number of carbonyl (C=O) groups excluding carboxylic acids is 1. The first-order chi connectivity index (χ1) is 14.7. The Morgan fingerprint density at radius 2 is 1.87 bits per heavy atom. The lowest BCUT2D eigenvalue weighted by atomic mass is 9.95. The Morgan fingerprint density at radius 1 is 1.00 bits per heavy atom. The molecular weight excluding hydrogens is 368 g/mol. The number of ketones is 1. The van der Waals surface area contributed by atoms with Gasteiger partial charge in [-0.3, -0.25) is 14.8 Å². The van der Waals surface area contributed by atoms with Gasteiger partial charge in [-0.15, -0.1) is 0 Å². The average Bonchev–Trinajstić information content (AvgIpc) is 3.42. The molecule has 30 heavy (non-hydrogen) atoms. The Hall–Kier alpha value is -3.33. The van der Waals surface area contributed by atoms with Crippen LogP contribution in [0.4, 0.5) is 0 Å². The Labute approximate surface area is 176 Å². The van der Waals surface area contributed by atoms with Gasteiger partial charge >= 0.3 is 0 Å². The number of hydrogen-bond donors (Lipinski definition) is 0. The molecular formula is C27H22N2O. The number of Topliss-reactive ketones (excluding diaryl/α,β-unsaturated/α-hetero) is 1. The lowest BCUT2D eigenvalue weighted by Gasteiger charge is -2.08. The van der Waals surface area contributed by atoms with Crippen molar-refractivity contribution in [3.05, 3.63) is 105 Å². The van der Waals surface area contributed by atoms with Crippen LogP contribution < -0.4 is 0 Å². The van der Waals surface area contributed by atoms with Crippen molar-refractivity contribution >= 4 is 17.6 Å². The zero-order valence-electron chi connectivity index (χ0n) is 16.8. The first-order valence-electron chi connectivity index (χ1n) is 10.7. The van der Waals surface area contributed by atoms with E-state index in [4.69, 9.17) is 4.99 Å². The van der Waals surface area contributed by atoms with Crippen LogP contribution in [0.25, 0.3) is 6.08 Å².